The third kappa shape index (κ3) is 6.69. The SMILES string of the molecule is CCC(C)c1ccc(COc2ccc(C3(c4cc(C)ccc4C)c4ccccc4-c4ccc(N(c5ccccc5)c5ccc(-c6ccccc6)cc5)cc43)cc2)cc1. The highest BCUT2D eigenvalue weighted by Crippen LogP contribution is 2.58. The summed E-state index contributed by atoms with van der Waals surface area (Å²) in [5.74, 6) is 1.42. The zero-order valence-electron chi connectivity index (χ0n) is 33.8. The van der Waals surface area contributed by atoms with Crippen molar-refractivity contribution in [2.75, 3.05) is 4.90 Å². The second-order valence-corrected chi connectivity index (χ2v) is 15.8. The monoisotopic (exact) mass is 751 g/mol. The van der Waals surface area contributed by atoms with E-state index in [-0.39, 0.29) is 0 Å². The maximum Gasteiger partial charge on any atom is 0.119 e. The van der Waals surface area contributed by atoms with E-state index in [0.717, 1.165) is 29.2 Å². The molecular weight excluding hydrogens is 703 g/mol. The number of nitrogens with zero attached hydrogens (tertiary/aromatic N) is 1. The molecule has 9 rings (SSSR count). The van der Waals surface area contributed by atoms with Gasteiger partial charge >= 0.3 is 0 Å². The van der Waals surface area contributed by atoms with Crippen LogP contribution in [0.1, 0.15) is 70.7 Å². The number of aryl methyl sites for hydroxylation is 2. The number of ether oxygens (including phenoxy) is 1. The molecule has 0 fully saturated rings. The minimum atomic E-state index is -0.568. The van der Waals surface area contributed by atoms with E-state index >= 15 is 0 Å². The Morgan fingerprint density at radius 3 is 1.86 bits per heavy atom. The molecule has 0 heterocycles. The van der Waals surface area contributed by atoms with E-state index in [1.807, 2.05) is 0 Å². The van der Waals surface area contributed by atoms with Gasteiger partial charge in [-0.3, -0.25) is 0 Å². The van der Waals surface area contributed by atoms with Crippen molar-refractivity contribution in [2.24, 2.45) is 0 Å². The number of para-hydroxylation sites is 1. The number of hydrogen-bond donors (Lipinski definition) is 0. The summed E-state index contributed by atoms with van der Waals surface area (Å²) in [5, 5.41) is 0. The lowest BCUT2D eigenvalue weighted by Gasteiger charge is -2.36. The second kappa shape index (κ2) is 15.7. The molecule has 8 aromatic rings. The predicted molar refractivity (Wildman–Crippen MR) is 243 cm³/mol. The Hall–Kier alpha value is -6.64. The summed E-state index contributed by atoms with van der Waals surface area (Å²) in [7, 11) is 0. The maximum absolute atomic E-state index is 6.44. The predicted octanol–water partition coefficient (Wildman–Crippen LogP) is 14.9. The van der Waals surface area contributed by atoms with Crippen LogP contribution >= 0.6 is 0 Å². The van der Waals surface area contributed by atoms with Gasteiger partial charge in [-0.15, -0.1) is 0 Å². The van der Waals surface area contributed by atoms with E-state index in [1.54, 1.807) is 0 Å². The molecule has 8 aromatic carbocycles. The molecule has 0 amide bonds. The van der Waals surface area contributed by atoms with Gasteiger partial charge in [0.2, 0.25) is 0 Å². The Balaban J connectivity index is 1.18. The first kappa shape index (κ1) is 37.0. The largest absolute Gasteiger partial charge is 0.489 e. The van der Waals surface area contributed by atoms with Crippen molar-refractivity contribution >= 4 is 17.1 Å². The molecule has 0 saturated heterocycles. The van der Waals surface area contributed by atoms with Gasteiger partial charge in [0.15, 0.2) is 0 Å². The van der Waals surface area contributed by atoms with Gasteiger partial charge in [0.25, 0.3) is 0 Å². The molecule has 2 unspecified atom stereocenters. The molecule has 0 bridgehead atoms. The van der Waals surface area contributed by atoms with Gasteiger partial charge in [0.1, 0.15) is 12.4 Å². The van der Waals surface area contributed by atoms with Crippen molar-refractivity contribution in [3.63, 3.8) is 0 Å². The smallest absolute Gasteiger partial charge is 0.119 e. The Morgan fingerprint density at radius 2 is 1.14 bits per heavy atom. The number of fused-ring (bicyclic) bond motifs is 3. The third-order valence-corrected chi connectivity index (χ3v) is 12.2. The zero-order valence-corrected chi connectivity index (χ0v) is 33.8. The number of benzene rings is 8. The molecule has 0 aromatic heterocycles. The molecule has 2 atom stereocenters. The summed E-state index contributed by atoms with van der Waals surface area (Å²) in [6, 6.07) is 71.0. The van der Waals surface area contributed by atoms with Crippen molar-refractivity contribution in [1.29, 1.82) is 0 Å². The number of hydrogen-bond acceptors (Lipinski definition) is 2. The molecule has 1 aliphatic carbocycles. The van der Waals surface area contributed by atoms with Gasteiger partial charge in [-0.1, -0.05) is 165 Å². The summed E-state index contributed by atoms with van der Waals surface area (Å²) in [5.41, 5.74) is 17.8. The Morgan fingerprint density at radius 1 is 0.517 bits per heavy atom. The minimum absolute atomic E-state index is 0.527. The van der Waals surface area contributed by atoms with Crippen LogP contribution in [-0.2, 0) is 12.0 Å². The highest BCUT2D eigenvalue weighted by molar-refractivity contribution is 5.90. The molecule has 0 saturated carbocycles. The first-order chi connectivity index (χ1) is 28.4. The number of rotatable bonds is 11. The maximum atomic E-state index is 6.44. The van der Waals surface area contributed by atoms with Crippen LogP contribution in [0.3, 0.4) is 0 Å². The summed E-state index contributed by atoms with van der Waals surface area (Å²) >= 11 is 0. The van der Waals surface area contributed by atoms with Gasteiger partial charge in [0.05, 0.1) is 5.41 Å². The first-order valence-electron chi connectivity index (χ1n) is 20.6. The average Bonchev–Trinajstić information content (AvgIpc) is 3.58. The summed E-state index contributed by atoms with van der Waals surface area (Å²) < 4.78 is 6.44. The topological polar surface area (TPSA) is 12.5 Å². The van der Waals surface area contributed by atoms with Gasteiger partial charge in [-0.2, -0.15) is 0 Å². The minimum Gasteiger partial charge on any atom is -0.489 e. The molecule has 1 aliphatic rings. The van der Waals surface area contributed by atoms with Crippen LogP contribution in [0.5, 0.6) is 5.75 Å². The van der Waals surface area contributed by atoms with Crippen LogP contribution in [0.15, 0.2) is 194 Å². The normalized spacial score (nSPS) is 14.7. The number of anilines is 3. The van der Waals surface area contributed by atoms with Crippen LogP contribution in [0, 0.1) is 13.8 Å². The van der Waals surface area contributed by atoms with E-state index in [4.69, 9.17) is 4.74 Å². The van der Waals surface area contributed by atoms with Crippen LogP contribution in [0.4, 0.5) is 17.1 Å². The Bertz CT molecular complexity index is 2660. The lowest BCUT2D eigenvalue weighted by Crippen LogP contribution is -2.30. The third-order valence-electron chi connectivity index (χ3n) is 12.2. The summed E-state index contributed by atoms with van der Waals surface area (Å²) in [6.07, 6.45) is 1.14. The van der Waals surface area contributed by atoms with Crippen molar-refractivity contribution in [2.45, 2.75) is 52.1 Å². The molecule has 0 aliphatic heterocycles. The van der Waals surface area contributed by atoms with Gasteiger partial charge in [-0.05, 0) is 136 Å². The van der Waals surface area contributed by atoms with Crippen molar-refractivity contribution in [3.05, 3.63) is 239 Å². The fraction of sp³-hybridized carbons (Fsp3) is 0.143. The molecule has 0 N–H and O–H groups in total. The molecule has 284 valence electrons. The van der Waals surface area contributed by atoms with Gasteiger partial charge in [0, 0.05) is 17.1 Å². The van der Waals surface area contributed by atoms with Crippen molar-refractivity contribution < 1.29 is 4.74 Å². The molecule has 0 spiro atoms. The van der Waals surface area contributed by atoms with Crippen molar-refractivity contribution in [1.82, 2.24) is 0 Å². The van der Waals surface area contributed by atoms with Gasteiger partial charge < -0.3 is 9.64 Å². The molecule has 0 radical (unpaired) electrons. The Kier molecular flexibility index (Phi) is 10.0. The standard InChI is InChI=1S/C56H49NO/c1-5-40(3)43-24-22-42(23-25-43)38-58-50-33-28-46(29-34-50)56(54-36-39(2)20-21-41(54)4)53-19-13-12-18-51(53)52-35-32-49(37-55(52)56)57(47-16-10-7-11-17-47)48-30-26-45(27-31-48)44-14-8-6-9-15-44/h6-37,40H,5,38H2,1-4H3. The lowest BCUT2D eigenvalue weighted by molar-refractivity contribution is 0.306. The van der Waals surface area contributed by atoms with E-state index in [2.05, 4.69) is 227 Å². The second-order valence-electron chi connectivity index (χ2n) is 15.8. The lowest BCUT2D eigenvalue weighted by atomic mass is 9.66. The van der Waals surface area contributed by atoms with Crippen LogP contribution in [0.2, 0.25) is 0 Å². The zero-order chi connectivity index (χ0) is 39.6. The van der Waals surface area contributed by atoms with E-state index in [1.165, 1.54) is 66.8 Å². The van der Waals surface area contributed by atoms with Gasteiger partial charge in [-0.25, -0.2) is 0 Å². The van der Waals surface area contributed by atoms with Crippen molar-refractivity contribution in [3.8, 4) is 28.0 Å². The quantitative estimate of drug-likeness (QED) is 0.130. The van der Waals surface area contributed by atoms with Crippen LogP contribution in [-0.4, -0.2) is 0 Å². The molecular formula is C56H49NO. The summed E-state index contributed by atoms with van der Waals surface area (Å²) in [6.45, 7) is 9.51. The Labute approximate surface area is 344 Å². The average molecular weight is 752 g/mol. The fourth-order valence-corrected chi connectivity index (χ4v) is 8.91. The molecule has 2 nitrogen and oxygen atoms in total. The highest BCUT2D eigenvalue weighted by atomic mass is 16.5. The van der Waals surface area contributed by atoms with E-state index in [9.17, 15) is 0 Å². The van der Waals surface area contributed by atoms with E-state index < -0.39 is 5.41 Å². The van der Waals surface area contributed by atoms with Crippen LogP contribution < -0.4 is 9.64 Å². The summed E-state index contributed by atoms with van der Waals surface area (Å²) in [4.78, 5) is 2.39. The fourth-order valence-electron chi connectivity index (χ4n) is 8.91. The first-order valence-corrected chi connectivity index (χ1v) is 20.6. The molecule has 2 heteroatoms. The van der Waals surface area contributed by atoms with Crippen LogP contribution in [0.25, 0.3) is 22.3 Å². The molecule has 58 heavy (non-hydrogen) atoms. The van der Waals surface area contributed by atoms with E-state index in [0.29, 0.717) is 12.5 Å². The highest BCUT2D eigenvalue weighted by Gasteiger charge is 2.47.